The van der Waals surface area contributed by atoms with Crippen molar-refractivity contribution in [2.24, 2.45) is 0 Å². The molecule has 0 spiro atoms. The number of ether oxygens (including phenoxy) is 2. The number of esters is 1. The Morgan fingerprint density at radius 2 is 1.81 bits per heavy atom. The van der Waals surface area contributed by atoms with Crippen LogP contribution in [0.5, 0.6) is 11.5 Å². The van der Waals surface area contributed by atoms with Gasteiger partial charge in [-0.2, -0.15) is 0 Å². The molecule has 0 fully saturated rings. The average Bonchev–Trinajstić information content (AvgIpc) is 2.44. The molecular formula is C17H17BrO3. The standard InChI is InChI=1S/C17H17BrO3/c1-4-20-16-8-6-13(18)10-14(16)17(19)21-15-7-5-11(2)9-12(15)3/h5-10H,4H2,1-3H3. The Kier molecular flexibility index (Phi) is 5.02. The van der Waals surface area contributed by atoms with Gasteiger partial charge >= 0.3 is 5.97 Å². The third-order valence-corrected chi connectivity index (χ3v) is 3.49. The minimum Gasteiger partial charge on any atom is -0.493 e. The second-order valence-electron chi connectivity index (χ2n) is 4.73. The van der Waals surface area contributed by atoms with E-state index in [1.165, 1.54) is 0 Å². The molecule has 3 nitrogen and oxygen atoms in total. The lowest BCUT2D eigenvalue weighted by atomic mass is 10.1. The molecule has 2 aromatic rings. The number of aryl methyl sites for hydroxylation is 2. The van der Waals surface area contributed by atoms with Crippen molar-refractivity contribution < 1.29 is 14.3 Å². The summed E-state index contributed by atoms with van der Waals surface area (Å²) in [6.45, 7) is 6.28. The molecule has 0 aliphatic heterocycles. The molecule has 0 saturated carbocycles. The van der Waals surface area contributed by atoms with Gasteiger partial charge in [-0.1, -0.05) is 33.6 Å². The van der Waals surface area contributed by atoms with Crippen molar-refractivity contribution >= 4 is 21.9 Å². The van der Waals surface area contributed by atoms with Gasteiger partial charge in [0, 0.05) is 4.47 Å². The van der Waals surface area contributed by atoms with Crippen LogP contribution in [0.3, 0.4) is 0 Å². The second-order valence-corrected chi connectivity index (χ2v) is 5.65. The van der Waals surface area contributed by atoms with E-state index >= 15 is 0 Å². The molecule has 2 aromatic carbocycles. The Hall–Kier alpha value is -1.81. The molecule has 0 saturated heterocycles. The average molecular weight is 349 g/mol. The summed E-state index contributed by atoms with van der Waals surface area (Å²) >= 11 is 3.36. The molecule has 21 heavy (non-hydrogen) atoms. The van der Waals surface area contributed by atoms with Crippen molar-refractivity contribution in [3.8, 4) is 11.5 Å². The van der Waals surface area contributed by atoms with Gasteiger partial charge in [0.05, 0.1) is 6.61 Å². The lowest BCUT2D eigenvalue weighted by Gasteiger charge is -2.12. The molecule has 0 radical (unpaired) electrons. The van der Waals surface area contributed by atoms with Gasteiger partial charge in [-0.15, -0.1) is 0 Å². The molecule has 0 atom stereocenters. The molecule has 0 heterocycles. The van der Waals surface area contributed by atoms with Crippen molar-refractivity contribution in [3.63, 3.8) is 0 Å². The van der Waals surface area contributed by atoms with Crippen LogP contribution < -0.4 is 9.47 Å². The summed E-state index contributed by atoms with van der Waals surface area (Å²) in [5.41, 5.74) is 2.47. The van der Waals surface area contributed by atoms with Gasteiger partial charge < -0.3 is 9.47 Å². The molecule has 0 aliphatic carbocycles. The van der Waals surface area contributed by atoms with Crippen LogP contribution in [0.15, 0.2) is 40.9 Å². The molecule has 0 amide bonds. The SMILES string of the molecule is CCOc1ccc(Br)cc1C(=O)Oc1ccc(C)cc1C. The zero-order valence-electron chi connectivity index (χ0n) is 12.3. The van der Waals surface area contributed by atoms with Gasteiger partial charge in [-0.05, 0) is 50.6 Å². The molecule has 0 N–H and O–H groups in total. The quantitative estimate of drug-likeness (QED) is 0.594. The highest BCUT2D eigenvalue weighted by molar-refractivity contribution is 9.10. The van der Waals surface area contributed by atoms with Gasteiger partial charge in [-0.25, -0.2) is 4.79 Å². The first-order chi connectivity index (χ1) is 10.0. The molecule has 4 heteroatoms. The van der Waals surface area contributed by atoms with Gasteiger partial charge in [0.1, 0.15) is 17.1 Å². The minimum absolute atomic E-state index is 0.409. The summed E-state index contributed by atoms with van der Waals surface area (Å²) in [7, 11) is 0. The zero-order valence-corrected chi connectivity index (χ0v) is 13.9. The van der Waals surface area contributed by atoms with Gasteiger partial charge in [0.15, 0.2) is 0 Å². The number of benzene rings is 2. The van der Waals surface area contributed by atoms with Crippen molar-refractivity contribution in [1.82, 2.24) is 0 Å². The van der Waals surface area contributed by atoms with Crippen molar-refractivity contribution in [2.75, 3.05) is 6.61 Å². The van der Waals surface area contributed by atoms with E-state index in [1.807, 2.05) is 39.0 Å². The van der Waals surface area contributed by atoms with Crippen LogP contribution in [0.4, 0.5) is 0 Å². The van der Waals surface area contributed by atoms with Crippen LogP contribution in [0.1, 0.15) is 28.4 Å². The largest absolute Gasteiger partial charge is 0.493 e. The summed E-state index contributed by atoms with van der Waals surface area (Å²) in [5.74, 6) is 0.662. The topological polar surface area (TPSA) is 35.5 Å². The van der Waals surface area contributed by atoms with E-state index < -0.39 is 5.97 Å². The lowest BCUT2D eigenvalue weighted by Crippen LogP contribution is -2.11. The van der Waals surface area contributed by atoms with Gasteiger partial charge in [0.25, 0.3) is 0 Å². The predicted octanol–water partition coefficient (Wildman–Crippen LogP) is 4.68. The molecule has 2 rings (SSSR count). The summed E-state index contributed by atoms with van der Waals surface area (Å²) in [4.78, 5) is 12.4. The summed E-state index contributed by atoms with van der Waals surface area (Å²) in [5, 5.41) is 0. The van der Waals surface area contributed by atoms with E-state index in [1.54, 1.807) is 18.2 Å². The highest BCUT2D eigenvalue weighted by atomic mass is 79.9. The monoisotopic (exact) mass is 348 g/mol. The zero-order chi connectivity index (χ0) is 15.4. The fourth-order valence-corrected chi connectivity index (χ4v) is 2.37. The first-order valence-electron chi connectivity index (χ1n) is 6.73. The lowest BCUT2D eigenvalue weighted by molar-refractivity contribution is 0.0729. The fraction of sp³-hybridized carbons (Fsp3) is 0.235. The number of carbonyl (C=O) groups is 1. The van der Waals surface area contributed by atoms with E-state index in [-0.39, 0.29) is 0 Å². The Labute approximate surface area is 133 Å². The van der Waals surface area contributed by atoms with Crippen molar-refractivity contribution in [3.05, 3.63) is 57.6 Å². The first kappa shape index (κ1) is 15.6. The maximum Gasteiger partial charge on any atom is 0.347 e. The molecule has 0 aliphatic rings. The van der Waals surface area contributed by atoms with Crippen molar-refractivity contribution in [2.45, 2.75) is 20.8 Å². The maximum atomic E-state index is 12.4. The molecule has 0 bridgehead atoms. The minimum atomic E-state index is -0.424. The smallest absolute Gasteiger partial charge is 0.347 e. The predicted molar refractivity (Wildman–Crippen MR) is 86.2 cm³/mol. The maximum absolute atomic E-state index is 12.4. The van der Waals surface area contributed by atoms with E-state index in [9.17, 15) is 4.79 Å². The Morgan fingerprint density at radius 3 is 2.48 bits per heavy atom. The number of carbonyl (C=O) groups excluding carboxylic acids is 1. The first-order valence-corrected chi connectivity index (χ1v) is 7.52. The van der Waals surface area contributed by atoms with Crippen LogP contribution in [0.25, 0.3) is 0 Å². The van der Waals surface area contributed by atoms with Crippen LogP contribution in [0.2, 0.25) is 0 Å². The van der Waals surface area contributed by atoms with Crippen LogP contribution in [-0.2, 0) is 0 Å². The second kappa shape index (κ2) is 6.76. The number of halogens is 1. The number of hydrogen-bond acceptors (Lipinski definition) is 3. The van der Waals surface area contributed by atoms with E-state index in [4.69, 9.17) is 9.47 Å². The molecule has 110 valence electrons. The molecule has 0 unspecified atom stereocenters. The summed E-state index contributed by atoms with van der Waals surface area (Å²) in [6.07, 6.45) is 0. The van der Waals surface area contributed by atoms with E-state index in [0.29, 0.717) is 23.7 Å². The highest BCUT2D eigenvalue weighted by Crippen LogP contribution is 2.26. The highest BCUT2D eigenvalue weighted by Gasteiger charge is 2.16. The summed E-state index contributed by atoms with van der Waals surface area (Å²) < 4.78 is 11.8. The Bertz CT molecular complexity index is 665. The Balaban J connectivity index is 2.29. The van der Waals surface area contributed by atoms with Crippen LogP contribution in [-0.4, -0.2) is 12.6 Å². The van der Waals surface area contributed by atoms with Gasteiger partial charge in [-0.3, -0.25) is 0 Å². The van der Waals surface area contributed by atoms with E-state index in [2.05, 4.69) is 15.9 Å². The molecular weight excluding hydrogens is 332 g/mol. The normalized spacial score (nSPS) is 10.3. The van der Waals surface area contributed by atoms with Gasteiger partial charge in [0.2, 0.25) is 0 Å². The third-order valence-electron chi connectivity index (χ3n) is 2.99. The third kappa shape index (κ3) is 3.85. The van der Waals surface area contributed by atoms with E-state index in [0.717, 1.165) is 15.6 Å². The Morgan fingerprint density at radius 1 is 1.10 bits per heavy atom. The van der Waals surface area contributed by atoms with Crippen molar-refractivity contribution in [1.29, 1.82) is 0 Å². The summed E-state index contributed by atoms with van der Waals surface area (Å²) in [6, 6.07) is 11.0. The van der Waals surface area contributed by atoms with Crippen LogP contribution in [0, 0.1) is 13.8 Å². The number of hydrogen-bond donors (Lipinski definition) is 0. The molecule has 0 aromatic heterocycles. The fourth-order valence-electron chi connectivity index (χ4n) is 2.01. The number of rotatable bonds is 4. The van der Waals surface area contributed by atoms with Crippen LogP contribution >= 0.6 is 15.9 Å².